The van der Waals surface area contributed by atoms with Crippen LogP contribution in [0, 0.1) is 25.7 Å². The lowest BCUT2D eigenvalue weighted by atomic mass is 9.75. The van der Waals surface area contributed by atoms with Gasteiger partial charge in [-0.15, -0.1) is 12.4 Å². The van der Waals surface area contributed by atoms with Crippen molar-refractivity contribution in [2.24, 2.45) is 11.8 Å². The normalized spacial score (nSPS) is 26.4. The first-order chi connectivity index (χ1) is 18.9. The highest BCUT2D eigenvalue weighted by Crippen LogP contribution is 2.44. The van der Waals surface area contributed by atoms with E-state index >= 15 is 0 Å². The van der Waals surface area contributed by atoms with Crippen LogP contribution in [-0.4, -0.2) is 74.2 Å². The van der Waals surface area contributed by atoms with E-state index in [9.17, 15) is 14.7 Å². The van der Waals surface area contributed by atoms with Gasteiger partial charge in [-0.2, -0.15) is 5.10 Å². The molecule has 2 saturated carbocycles. The molecule has 1 aromatic heterocycles. The van der Waals surface area contributed by atoms with Crippen molar-refractivity contribution in [2.75, 3.05) is 19.6 Å². The van der Waals surface area contributed by atoms with E-state index in [-0.39, 0.29) is 30.1 Å². The van der Waals surface area contributed by atoms with Gasteiger partial charge in [0.05, 0.1) is 11.8 Å². The number of aromatic nitrogens is 2. The lowest BCUT2D eigenvalue weighted by Gasteiger charge is -2.54. The minimum absolute atomic E-state index is 0. The van der Waals surface area contributed by atoms with E-state index in [1.165, 1.54) is 44.1 Å². The first-order valence-electron chi connectivity index (χ1n) is 15.9. The van der Waals surface area contributed by atoms with Crippen LogP contribution >= 0.6 is 12.4 Å². The van der Waals surface area contributed by atoms with Gasteiger partial charge < -0.3 is 15.3 Å². The van der Waals surface area contributed by atoms with E-state index in [0.717, 1.165) is 63.0 Å². The van der Waals surface area contributed by atoms with Crippen molar-refractivity contribution in [1.29, 1.82) is 0 Å². The van der Waals surface area contributed by atoms with Crippen LogP contribution in [0.5, 0.6) is 0 Å². The average Bonchev–Trinajstić information content (AvgIpc) is 3.30. The minimum atomic E-state index is -0.816. The van der Waals surface area contributed by atoms with Gasteiger partial charge in [-0.3, -0.25) is 19.6 Å². The number of piperidine rings is 1. The quantitative estimate of drug-likeness (QED) is 0.405. The number of likely N-dealkylation sites (tertiary alicyclic amines) is 1. The predicted octanol–water partition coefficient (Wildman–Crippen LogP) is 4.97. The number of hydrogen-bond donors (Lipinski definition) is 3. The van der Waals surface area contributed by atoms with E-state index < -0.39 is 17.7 Å². The van der Waals surface area contributed by atoms with Crippen LogP contribution in [0.3, 0.4) is 0 Å². The Kier molecular flexibility index (Phi) is 10.6. The second-order valence-electron chi connectivity index (χ2n) is 12.9. The van der Waals surface area contributed by atoms with Crippen molar-refractivity contribution in [3.05, 3.63) is 17.0 Å². The molecule has 2 amide bonds. The van der Waals surface area contributed by atoms with Gasteiger partial charge >= 0.3 is 0 Å². The topological polar surface area (TPSA) is 102 Å². The molecule has 8 nitrogen and oxygen atoms in total. The number of carbonyl (C=O) groups excluding carboxylic acids is 2. The summed E-state index contributed by atoms with van der Waals surface area (Å²) < 4.78 is 0. The maximum atomic E-state index is 14.0. The number of piperazine rings is 1. The molecule has 4 aliphatic rings. The van der Waals surface area contributed by atoms with E-state index in [0.29, 0.717) is 31.3 Å². The van der Waals surface area contributed by atoms with Crippen molar-refractivity contribution >= 4 is 24.2 Å². The monoisotopic (exact) mass is 577 g/mol. The van der Waals surface area contributed by atoms with Crippen LogP contribution in [0.2, 0.25) is 0 Å². The zero-order valence-corrected chi connectivity index (χ0v) is 25.7. The molecule has 0 radical (unpaired) electrons. The van der Waals surface area contributed by atoms with Crippen molar-refractivity contribution in [3.63, 3.8) is 0 Å². The van der Waals surface area contributed by atoms with Gasteiger partial charge in [0.2, 0.25) is 11.8 Å². The number of aliphatic hydroxyl groups excluding tert-OH is 1. The SMILES string of the molecule is CCCCN1C(=O)[C@@H]([C@H](O)C2CCCCC2)NC(=O)C12CCN(C(c1c(C)n[nH]c1C)C1CCCCC1)CC2.Cl. The third kappa shape index (κ3) is 5.96. The van der Waals surface area contributed by atoms with Crippen molar-refractivity contribution in [3.8, 4) is 0 Å². The summed E-state index contributed by atoms with van der Waals surface area (Å²) in [6.45, 7) is 8.52. The third-order valence-electron chi connectivity index (χ3n) is 10.6. The third-order valence-corrected chi connectivity index (χ3v) is 10.6. The van der Waals surface area contributed by atoms with Gasteiger partial charge in [0.15, 0.2) is 0 Å². The lowest BCUT2D eigenvalue weighted by molar-refractivity contribution is -0.166. The highest BCUT2D eigenvalue weighted by molar-refractivity contribution is 6.00. The van der Waals surface area contributed by atoms with Gasteiger partial charge in [-0.1, -0.05) is 51.9 Å². The number of carbonyl (C=O) groups is 2. The van der Waals surface area contributed by atoms with Crippen LogP contribution in [0.1, 0.15) is 120 Å². The number of nitrogens with zero attached hydrogens (tertiary/aromatic N) is 3. The molecule has 4 fully saturated rings. The summed E-state index contributed by atoms with van der Waals surface area (Å²) in [7, 11) is 0. The zero-order chi connectivity index (χ0) is 27.6. The number of hydrogen-bond acceptors (Lipinski definition) is 5. The molecular weight excluding hydrogens is 526 g/mol. The first-order valence-corrected chi connectivity index (χ1v) is 15.9. The molecule has 3 N–H and O–H groups in total. The van der Waals surface area contributed by atoms with Crippen LogP contribution in [0.4, 0.5) is 0 Å². The molecule has 226 valence electrons. The first kappa shape index (κ1) is 31.3. The maximum absolute atomic E-state index is 14.0. The Labute approximate surface area is 246 Å². The molecule has 3 heterocycles. The standard InChI is InChI=1S/C31H51N5O3.ClH/c1-4-5-18-36-29(38)26(28(37)24-14-10-7-11-15-24)32-30(39)31(36)16-19-35(20-17-31)27(23-12-8-6-9-13-23)25-21(2)33-34-22(25)3;/h23-24,26-28,37H,4-20H2,1-3H3,(H,32,39)(H,33,34);1H/t26-,27?,28-;/m1./s1. The van der Waals surface area contributed by atoms with Gasteiger partial charge in [-0.05, 0) is 70.6 Å². The fourth-order valence-corrected chi connectivity index (χ4v) is 8.29. The van der Waals surface area contributed by atoms with Gasteiger partial charge in [0.25, 0.3) is 0 Å². The Morgan fingerprint density at radius 1 is 0.975 bits per heavy atom. The number of nitrogens with one attached hydrogen (secondary N) is 2. The summed E-state index contributed by atoms with van der Waals surface area (Å²) in [4.78, 5) is 32.4. The Bertz CT molecular complexity index is 976. The summed E-state index contributed by atoms with van der Waals surface area (Å²) in [6, 6.07) is -0.513. The molecule has 5 rings (SSSR count). The van der Waals surface area contributed by atoms with E-state index in [1.807, 2.05) is 4.90 Å². The van der Waals surface area contributed by atoms with Crippen LogP contribution in [-0.2, 0) is 9.59 Å². The van der Waals surface area contributed by atoms with E-state index in [1.54, 1.807) is 0 Å². The second kappa shape index (κ2) is 13.6. The van der Waals surface area contributed by atoms with Crippen molar-refractivity contribution in [1.82, 2.24) is 25.3 Å². The Hall–Kier alpha value is -1.64. The summed E-state index contributed by atoms with van der Waals surface area (Å²) in [5.41, 5.74) is 2.75. The minimum Gasteiger partial charge on any atom is -0.390 e. The number of H-pyrrole nitrogens is 1. The zero-order valence-electron chi connectivity index (χ0n) is 24.9. The number of rotatable bonds is 8. The van der Waals surface area contributed by atoms with E-state index in [2.05, 4.69) is 41.2 Å². The van der Waals surface area contributed by atoms with Crippen LogP contribution in [0.15, 0.2) is 0 Å². The number of aliphatic hydroxyl groups is 1. The summed E-state index contributed by atoms with van der Waals surface area (Å²) in [5, 5.41) is 22.1. The number of halogens is 1. The van der Waals surface area contributed by atoms with E-state index in [4.69, 9.17) is 0 Å². The van der Waals surface area contributed by atoms with Gasteiger partial charge in [0.1, 0.15) is 11.6 Å². The molecule has 9 heteroatoms. The molecule has 2 aliphatic carbocycles. The number of aromatic amines is 1. The Morgan fingerprint density at radius 2 is 1.57 bits per heavy atom. The summed E-state index contributed by atoms with van der Waals surface area (Å²) in [5.74, 6) is 0.563. The molecule has 2 aliphatic heterocycles. The second-order valence-corrected chi connectivity index (χ2v) is 12.9. The Morgan fingerprint density at radius 3 is 2.12 bits per heavy atom. The lowest BCUT2D eigenvalue weighted by Crippen LogP contribution is -2.75. The van der Waals surface area contributed by atoms with Crippen LogP contribution in [0.25, 0.3) is 0 Å². The molecule has 0 aromatic carbocycles. The molecule has 2 saturated heterocycles. The fraction of sp³-hybridized carbons (Fsp3) is 0.839. The highest BCUT2D eigenvalue weighted by atomic mass is 35.5. The highest BCUT2D eigenvalue weighted by Gasteiger charge is 2.56. The summed E-state index contributed by atoms with van der Waals surface area (Å²) in [6.07, 6.45) is 13.9. The molecule has 3 atom stereocenters. The molecule has 40 heavy (non-hydrogen) atoms. The molecular formula is C31H52ClN5O3. The van der Waals surface area contributed by atoms with Gasteiger partial charge in [-0.25, -0.2) is 0 Å². The number of unbranched alkanes of at least 4 members (excludes halogenated alkanes) is 1. The fourth-order valence-electron chi connectivity index (χ4n) is 8.29. The molecule has 1 aromatic rings. The number of amides is 2. The van der Waals surface area contributed by atoms with Gasteiger partial charge in [0, 0.05) is 36.9 Å². The molecule has 0 bridgehead atoms. The number of aryl methyl sites for hydroxylation is 2. The van der Waals surface area contributed by atoms with Crippen molar-refractivity contribution < 1.29 is 14.7 Å². The predicted molar refractivity (Wildman–Crippen MR) is 159 cm³/mol. The van der Waals surface area contributed by atoms with Crippen molar-refractivity contribution in [2.45, 2.75) is 134 Å². The molecule has 1 unspecified atom stereocenters. The summed E-state index contributed by atoms with van der Waals surface area (Å²) >= 11 is 0. The van der Waals surface area contributed by atoms with Crippen LogP contribution < -0.4 is 5.32 Å². The average molecular weight is 578 g/mol. The largest absolute Gasteiger partial charge is 0.390 e. The Balaban J connectivity index is 0.00000370. The smallest absolute Gasteiger partial charge is 0.248 e. The maximum Gasteiger partial charge on any atom is 0.248 e. The molecule has 1 spiro atoms.